The van der Waals surface area contributed by atoms with Crippen LogP contribution in [0.1, 0.15) is 26.5 Å². The fourth-order valence-electron chi connectivity index (χ4n) is 2.62. The number of nitrogens with two attached hydrogens (primary N) is 1. The van der Waals surface area contributed by atoms with Gasteiger partial charge in [0.25, 0.3) is 11.6 Å². The fourth-order valence-corrected chi connectivity index (χ4v) is 3.72. The number of hydrogen-bond acceptors (Lipinski definition) is 6. The minimum Gasteiger partial charge on any atom is -0.397 e. The molecule has 0 spiro atoms. The minimum atomic E-state index is -0.512. The Morgan fingerprint density at radius 3 is 2.68 bits per heavy atom. The summed E-state index contributed by atoms with van der Waals surface area (Å²) >= 11 is 1.22. The molecule has 2 aromatic heterocycles. The van der Waals surface area contributed by atoms with Crippen LogP contribution in [0.4, 0.5) is 17.1 Å². The molecule has 0 radical (unpaired) electrons. The van der Waals surface area contributed by atoms with Crippen molar-refractivity contribution < 1.29 is 9.72 Å². The molecule has 3 rings (SSSR count). The Morgan fingerprint density at radius 1 is 1.28 bits per heavy atom. The van der Waals surface area contributed by atoms with Gasteiger partial charge in [-0.3, -0.25) is 14.9 Å². The molecular formula is C17H16N4O3S. The highest BCUT2D eigenvalue weighted by Gasteiger charge is 2.20. The van der Waals surface area contributed by atoms with Gasteiger partial charge in [0.2, 0.25) is 0 Å². The van der Waals surface area contributed by atoms with Crippen LogP contribution >= 0.6 is 11.3 Å². The smallest absolute Gasteiger partial charge is 0.271 e. The van der Waals surface area contributed by atoms with E-state index in [2.05, 4.69) is 10.3 Å². The van der Waals surface area contributed by atoms with Crippen LogP contribution in [0, 0.1) is 30.9 Å². The molecule has 0 atom stereocenters. The van der Waals surface area contributed by atoms with E-state index in [0.29, 0.717) is 21.1 Å². The van der Waals surface area contributed by atoms with Gasteiger partial charge in [-0.05, 0) is 38.0 Å². The molecule has 2 heterocycles. The quantitative estimate of drug-likeness (QED) is 0.545. The lowest BCUT2D eigenvalue weighted by Gasteiger charge is -2.06. The van der Waals surface area contributed by atoms with E-state index in [1.807, 2.05) is 20.8 Å². The SMILES string of the molecule is Cc1nc2sc(C(=O)Nc3cccc([N+](=O)[O-])c3)c(N)c2c(C)c1C. The third-order valence-electron chi connectivity index (χ3n) is 4.20. The van der Waals surface area contributed by atoms with E-state index >= 15 is 0 Å². The number of nitrogens with one attached hydrogen (secondary N) is 1. The van der Waals surface area contributed by atoms with Gasteiger partial charge in [-0.2, -0.15) is 0 Å². The van der Waals surface area contributed by atoms with Gasteiger partial charge in [0.1, 0.15) is 9.71 Å². The first kappa shape index (κ1) is 16.8. The van der Waals surface area contributed by atoms with Crippen LogP contribution in [0.3, 0.4) is 0 Å². The van der Waals surface area contributed by atoms with E-state index in [4.69, 9.17) is 5.73 Å². The molecule has 7 nitrogen and oxygen atoms in total. The lowest BCUT2D eigenvalue weighted by molar-refractivity contribution is -0.384. The second-order valence-corrected chi connectivity index (χ2v) is 6.73. The Kier molecular flexibility index (Phi) is 4.13. The molecule has 3 aromatic rings. The number of amides is 1. The molecule has 0 aliphatic rings. The van der Waals surface area contributed by atoms with Crippen LogP contribution in [0.2, 0.25) is 0 Å². The average Bonchev–Trinajstić information content (AvgIpc) is 2.89. The Bertz CT molecular complexity index is 1030. The molecule has 0 saturated heterocycles. The number of carbonyl (C=O) groups excluding carboxylic acids is 1. The zero-order chi connectivity index (χ0) is 18.3. The first-order valence-corrected chi connectivity index (χ1v) is 8.32. The zero-order valence-corrected chi connectivity index (χ0v) is 14.7. The van der Waals surface area contributed by atoms with E-state index in [9.17, 15) is 14.9 Å². The van der Waals surface area contributed by atoms with Gasteiger partial charge < -0.3 is 11.1 Å². The number of benzene rings is 1. The second kappa shape index (κ2) is 6.14. The normalized spacial score (nSPS) is 10.8. The van der Waals surface area contributed by atoms with Gasteiger partial charge in [0, 0.05) is 28.9 Å². The Hall–Kier alpha value is -3.00. The van der Waals surface area contributed by atoms with Crippen LogP contribution in [-0.4, -0.2) is 15.8 Å². The summed E-state index contributed by atoms with van der Waals surface area (Å²) in [6, 6.07) is 5.77. The highest BCUT2D eigenvalue weighted by molar-refractivity contribution is 7.21. The van der Waals surface area contributed by atoms with Crippen molar-refractivity contribution in [2.24, 2.45) is 0 Å². The summed E-state index contributed by atoms with van der Waals surface area (Å²) < 4.78 is 0. The molecule has 0 bridgehead atoms. The van der Waals surface area contributed by atoms with Crippen molar-refractivity contribution in [1.82, 2.24) is 4.98 Å². The number of nitro benzene ring substituents is 1. The van der Waals surface area contributed by atoms with Crippen LogP contribution in [-0.2, 0) is 0 Å². The zero-order valence-electron chi connectivity index (χ0n) is 13.9. The van der Waals surface area contributed by atoms with Crippen molar-refractivity contribution in [1.29, 1.82) is 0 Å². The van der Waals surface area contributed by atoms with Crippen LogP contribution < -0.4 is 11.1 Å². The minimum absolute atomic E-state index is 0.0918. The number of non-ortho nitro benzene ring substituents is 1. The number of hydrogen-bond donors (Lipinski definition) is 2. The summed E-state index contributed by atoms with van der Waals surface area (Å²) in [5, 5.41) is 14.3. The van der Waals surface area contributed by atoms with Crippen molar-refractivity contribution in [3.05, 3.63) is 56.1 Å². The Labute approximate surface area is 147 Å². The topological polar surface area (TPSA) is 111 Å². The van der Waals surface area contributed by atoms with Crippen LogP contribution in [0.15, 0.2) is 24.3 Å². The van der Waals surface area contributed by atoms with Crippen molar-refractivity contribution in [2.75, 3.05) is 11.1 Å². The van der Waals surface area contributed by atoms with E-state index in [0.717, 1.165) is 22.2 Å². The van der Waals surface area contributed by atoms with Gasteiger partial charge in [-0.15, -0.1) is 11.3 Å². The van der Waals surface area contributed by atoms with Crippen LogP contribution in [0.25, 0.3) is 10.2 Å². The van der Waals surface area contributed by atoms with Crippen molar-refractivity contribution in [3.63, 3.8) is 0 Å². The number of nitrogen functional groups attached to an aromatic ring is 1. The van der Waals surface area contributed by atoms with Gasteiger partial charge in [0.15, 0.2) is 0 Å². The molecular weight excluding hydrogens is 340 g/mol. The van der Waals surface area contributed by atoms with E-state index < -0.39 is 10.8 Å². The maximum absolute atomic E-state index is 12.6. The number of thiophene rings is 1. The maximum atomic E-state index is 12.6. The van der Waals surface area contributed by atoms with E-state index in [-0.39, 0.29) is 5.69 Å². The highest BCUT2D eigenvalue weighted by atomic mass is 32.1. The molecule has 0 aliphatic heterocycles. The molecule has 0 fully saturated rings. The number of aryl methyl sites for hydroxylation is 2. The first-order valence-electron chi connectivity index (χ1n) is 7.51. The lowest BCUT2D eigenvalue weighted by Crippen LogP contribution is -2.12. The number of rotatable bonds is 3. The number of carbonyl (C=O) groups is 1. The molecule has 0 aliphatic carbocycles. The van der Waals surface area contributed by atoms with Crippen LogP contribution in [0.5, 0.6) is 0 Å². The number of nitro groups is 1. The van der Waals surface area contributed by atoms with Gasteiger partial charge in [-0.25, -0.2) is 4.98 Å². The highest BCUT2D eigenvalue weighted by Crippen LogP contribution is 2.36. The molecule has 1 amide bonds. The molecule has 25 heavy (non-hydrogen) atoms. The number of fused-ring (bicyclic) bond motifs is 1. The third kappa shape index (κ3) is 2.91. The largest absolute Gasteiger partial charge is 0.397 e. The monoisotopic (exact) mass is 356 g/mol. The van der Waals surface area contributed by atoms with Gasteiger partial charge >= 0.3 is 0 Å². The first-order chi connectivity index (χ1) is 11.8. The summed E-state index contributed by atoms with van der Waals surface area (Å²) in [7, 11) is 0. The Balaban J connectivity index is 2.01. The summed E-state index contributed by atoms with van der Waals surface area (Å²) in [5.41, 5.74) is 9.78. The summed E-state index contributed by atoms with van der Waals surface area (Å²) in [4.78, 5) is 28.5. The lowest BCUT2D eigenvalue weighted by atomic mass is 10.1. The number of anilines is 2. The third-order valence-corrected chi connectivity index (χ3v) is 5.30. The predicted octanol–water partition coefficient (Wildman–Crippen LogP) is 3.96. The van der Waals surface area contributed by atoms with Crippen molar-refractivity contribution >= 4 is 44.5 Å². The van der Waals surface area contributed by atoms with Gasteiger partial charge in [0.05, 0.1) is 10.6 Å². The van der Waals surface area contributed by atoms with Gasteiger partial charge in [-0.1, -0.05) is 6.07 Å². The molecule has 0 unspecified atom stereocenters. The standard InChI is InChI=1S/C17H16N4O3S/c1-8-9(2)13-14(18)15(25-17(13)19-10(8)3)16(22)20-11-5-4-6-12(7-11)21(23)24/h4-7H,18H2,1-3H3,(H,20,22). The summed E-state index contributed by atoms with van der Waals surface area (Å²) in [6.07, 6.45) is 0. The predicted molar refractivity (Wildman–Crippen MR) is 99.3 cm³/mol. The Morgan fingerprint density at radius 2 is 2.00 bits per heavy atom. The van der Waals surface area contributed by atoms with Crippen molar-refractivity contribution in [2.45, 2.75) is 20.8 Å². The second-order valence-electron chi connectivity index (χ2n) is 5.73. The summed E-state index contributed by atoms with van der Waals surface area (Å²) in [5.74, 6) is -0.407. The molecule has 8 heteroatoms. The van der Waals surface area contributed by atoms with E-state index in [1.165, 1.54) is 29.5 Å². The molecule has 3 N–H and O–H groups in total. The van der Waals surface area contributed by atoms with E-state index in [1.54, 1.807) is 6.07 Å². The van der Waals surface area contributed by atoms with Crippen molar-refractivity contribution in [3.8, 4) is 0 Å². The number of nitrogens with zero attached hydrogens (tertiary/aromatic N) is 2. The number of aromatic nitrogens is 1. The average molecular weight is 356 g/mol. The molecule has 128 valence electrons. The molecule has 0 saturated carbocycles. The fraction of sp³-hybridized carbons (Fsp3) is 0.176. The maximum Gasteiger partial charge on any atom is 0.271 e. The number of pyridine rings is 1. The molecule has 1 aromatic carbocycles. The summed E-state index contributed by atoms with van der Waals surface area (Å²) in [6.45, 7) is 5.84.